The average molecular weight is 539 g/mol. The number of esters is 1. The molecule has 0 unspecified atom stereocenters. The van der Waals surface area contributed by atoms with E-state index >= 15 is 0 Å². The van der Waals surface area contributed by atoms with Crippen LogP contribution in [0.15, 0.2) is 35.3 Å². The molecular formula is C29H38N4O6. The van der Waals surface area contributed by atoms with Gasteiger partial charge in [-0.3, -0.25) is 14.9 Å². The van der Waals surface area contributed by atoms with Crippen molar-refractivity contribution in [3.05, 3.63) is 51.9 Å². The van der Waals surface area contributed by atoms with Gasteiger partial charge in [0.05, 0.1) is 30.4 Å². The van der Waals surface area contributed by atoms with E-state index in [1.807, 2.05) is 31.3 Å². The van der Waals surface area contributed by atoms with Gasteiger partial charge in [-0.25, -0.2) is 4.98 Å². The molecule has 39 heavy (non-hydrogen) atoms. The number of rotatable bonds is 9. The Bertz CT molecular complexity index is 1340. The maximum Gasteiger partial charge on any atom is 0.326 e. The van der Waals surface area contributed by atoms with Crippen molar-refractivity contribution in [2.75, 3.05) is 26.4 Å². The van der Waals surface area contributed by atoms with E-state index < -0.39 is 18.1 Å². The van der Waals surface area contributed by atoms with Crippen LogP contribution < -0.4 is 10.9 Å². The molecule has 2 fully saturated rings. The molecule has 10 nitrogen and oxygen atoms in total. The molecule has 0 saturated carbocycles. The van der Waals surface area contributed by atoms with Crippen molar-refractivity contribution >= 4 is 17.0 Å². The standard InChI is InChI=1S/C29H38N4O6/c1-18-12-22(16-32(3)28(18)35)27-31-24-5-4-21(13-25(24)33(27)15-20-6-9-37-10-7-20)14-30-26(19(2)34)29(36)39-23-8-11-38-17-23/h4-5,12-13,16,19-20,23,26,30,34H,6-11,14-15,17H2,1-3H3/t19-,23+,26-/m0/s1. The van der Waals surface area contributed by atoms with Gasteiger partial charge < -0.3 is 28.5 Å². The van der Waals surface area contributed by atoms with Crippen molar-refractivity contribution in [3.8, 4) is 11.4 Å². The first-order chi connectivity index (χ1) is 18.8. The van der Waals surface area contributed by atoms with Crippen LogP contribution in [0.5, 0.6) is 0 Å². The van der Waals surface area contributed by atoms with Gasteiger partial charge in [-0.05, 0) is 56.4 Å². The van der Waals surface area contributed by atoms with Gasteiger partial charge in [0.25, 0.3) is 5.56 Å². The molecule has 0 aliphatic carbocycles. The largest absolute Gasteiger partial charge is 0.459 e. The van der Waals surface area contributed by atoms with Crippen LogP contribution in [0.25, 0.3) is 22.4 Å². The number of nitrogens with one attached hydrogen (secondary N) is 1. The summed E-state index contributed by atoms with van der Waals surface area (Å²) in [4.78, 5) is 30.1. The van der Waals surface area contributed by atoms with Crippen LogP contribution in [0, 0.1) is 12.8 Å². The lowest BCUT2D eigenvalue weighted by atomic mass is 10.00. The third-order valence-electron chi connectivity index (χ3n) is 7.65. The molecule has 4 heterocycles. The molecule has 5 rings (SSSR count). The predicted molar refractivity (Wildman–Crippen MR) is 146 cm³/mol. The molecule has 1 aromatic carbocycles. The maximum absolute atomic E-state index is 12.7. The number of fused-ring (bicyclic) bond motifs is 1. The van der Waals surface area contributed by atoms with Crippen LogP contribution in [0.2, 0.25) is 0 Å². The van der Waals surface area contributed by atoms with Gasteiger partial charge in [0.15, 0.2) is 0 Å². The smallest absolute Gasteiger partial charge is 0.326 e. The van der Waals surface area contributed by atoms with Crippen molar-refractivity contribution < 1.29 is 24.1 Å². The quantitative estimate of drug-likeness (QED) is 0.399. The van der Waals surface area contributed by atoms with E-state index in [2.05, 4.69) is 16.0 Å². The van der Waals surface area contributed by atoms with Gasteiger partial charge in [0.2, 0.25) is 0 Å². The van der Waals surface area contributed by atoms with Gasteiger partial charge in [0, 0.05) is 57.1 Å². The Labute approximate surface area is 227 Å². The van der Waals surface area contributed by atoms with Crippen LogP contribution >= 0.6 is 0 Å². The normalized spacial score (nSPS) is 19.8. The van der Waals surface area contributed by atoms with Gasteiger partial charge in [0.1, 0.15) is 18.0 Å². The zero-order chi connectivity index (χ0) is 27.5. The summed E-state index contributed by atoms with van der Waals surface area (Å²) < 4.78 is 20.3. The molecule has 0 amide bonds. The number of pyridine rings is 1. The molecule has 210 valence electrons. The number of ether oxygens (including phenoxy) is 3. The number of aliphatic hydroxyl groups excluding tert-OH is 1. The highest BCUT2D eigenvalue weighted by molar-refractivity contribution is 5.81. The Balaban J connectivity index is 1.43. The highest BCUT2D eigenvalue weighted by atomic mass is 16.6. The molecule has 0 spiro atoms. The fourth-order valence-corrected chi connectivity index (χ4v) is 5.39. The number of carbonyl (C=O) groups excluding carboxylic acids is 1. The van der Waals surface area contributed by atoms with Crippen molar-refractivity contribution in [1.29, 1.82) is 0 Å². The molecule has 0 radical (unpaired) electrons. The third-order valence-corrected chi connectivity index (χ3v) is 7.65. The van der Waals surface area contributed by atoms with Crippen LogP contribution in [0.1, 0.15) is 37.3 Å². The van der Waals surface area contributed by atoms with Crippen molar-refractivity contribution in [3.63, 3.8) is 0 Å². The van der Waals surface area contributed by atoms with E-state index in [0.717, 1.165) is 60.6 Å². The van der Waals surface area contributed by atoms with Gasteiger partial charge in [-0.2, -0.15) is 0 Å². The summed E-state index contributed by atoms with van der Waals surface area (Å²) in [5.41, 5.74) is 4.35. The molecule has 2 N–H and O–H groups in total. The first kappa shape index (κ1) is 27.5. The van der Waals surface area contributed by atoms with Gasteiger partial charge in [-0.1, -0.05) is 6.07 Å². The summed E-state index contributed by atoms with van der Waals surface area (Å²) >= 11 is 0. The molecule has 2 aromatic heterocycles. The summed E-state index contributed by atoms with van der Waals surface area (Å²) in [7, 11) is 1.76. The lowest BCUT2D eigenvalue weighted by Crippen LogP contribution is -2.46. The molecule has 10 heteroatoms. The fraction of sp³-hybridized carbons (Fsp3) is 0.552. The average Bonchev–Trinajstić information content (AvgIpc) is 3.55. The second kappa shape index (κ2) is 12.0. The number of hydrogen-bond acceptors (Lipinski definition) is 8. The van der Waals surface area contributed by atoms with E-state index in [1.165, 1.54) is 0 Å². The molecule has 2 aliphatic heterocycles. The highest BCUT2D eigenvalue weighted by Gasteiger charge is 2.29. The molecular weight excluding hydrogens is 500 g/mol. The molecule has 2 saturated heterocycles. The Morgan fingerprint density at radius 2 is 1.97 bits per heavy atom. The Kier molecular flexibility index (Phi) is 8.46. The van der Waals surface area contributed by atoms with Gasteiger partial charge >= 0.3 is 5.97 Å². The minimum absolute atomic E-state index is 0.0224. The number of nitrogens with zero attached hydrogens (tertiary/aromatic N) is 3. The number of carbonyl (C=O) groups is 1. The number of aliphatic hydroxyl groups is 1. The van der Waals surface area contributed by atoms with E-state index in [-0.39, 0.29) is 11.7 Å². The van der Waals surface area contributed by atoms with E-state index in [0.29, 0.717) is 37.7 Å². The molecule has 3 aromatic rings. The lowest BCUT2D eigenvalue weighted by Gasteiger charge is -2.24. The zero-order valence-electron chi connectivity index (χ0n) is 22.9. The number of hydrogen-bond donors (Lipinski definition) is 2. The van der Waals surface area contributed by atoms with E-state index in [4.69, 9.17) is 19.2 Å². The van der Waals surface area contributed by atoms with E-state index in [9.17, 15) is 14.7 Å². The van der Waals surface area contributed by atoms with E-state index in [1.54, 1.807) is 18.5 Å². The fourth-order valence-electron chi connectivity index (χ4n) is 5.39. The second-order valence-corrected chi connectivity index (χ2v) is 10.8. The predicted octanol–water partition coefficient (Wildman–Crippen LogP) is 2.31. The number of aryl methyl sites for hydroxylation is 2. The highest BCUT2D eigenvalue weighted by Crippen LogP contribution is 2.29. The molecule has 0 bridgehead atoms. The molecule has 3 atom stereocenters. The van der Waals surface area contributed by atoms with Crippen LogP contribution in [0.4, 0.5) is 0 Å². The van der Waals surface area contributed by atoms with Crippen molar-refractivity contribution in [1.82, 2.24) is 19.4 Å². The number of imidazole rings is 1. The first-order valence-corrected chi connectivity index (χ1v) is 13.7. The van der Waals surface area contributed by atoms with Crippen molar-refractivity contribution in [2.45, 2.75) is 64.4 Å². The SMILES string of the molecule is Cc1cc(-c2nc3ccc(CN[C@H](C(=O)O[C@@H]4CCOC4)[C@H](C)O)cc3n2CC2CCOCC2)cn(C)c1=O. The molecule has 2 aliphatic rings. The van der Waals surface area contributed by atoms with Gasteiger partial charge in [-0.15, -0.1) is 0 Å². The number of aromatic nitrogens is 3. The van der Waals surface area contributed by atoms with Crippen LogP contribution in [-0.4, -0.2) is 69.9 Å². The minimum Gasteiger partial charge on any atom is -0.459 e. The summed E-state index contributed by atoms with van der Waals surface area (Å²) in [6.07, 6.45) is 3.29. The minimum atomic E-state index is -0.915. The Morgan fingerprint density at radius 1 is 1.21 bits per heavy atom. The van der Waals surface area contributed by atoms with Crippen LogP contribution in [0.3, 0.4) is 0 Å². The lowest BCUT2D eigenvalue weighted by molar-refractivity contribution is -0.154. The monoisotopic (exact) mass is 538 g/mol. The Hall–Kier alpha value is -3.05. The first-order valence-electron chi connectivity index (χ1n) is 13.7. The maximum atomic E-state index is 12.7. The zero-order valence-corrected chi connectivity index (χ0v) is 22.9. The summed E-state index contributed by atoms with van der Waals surface area (Å²) in [6, 6.07) is 7.10. The second-order valence-electron chi connectivity index (χ2n) is 10.8. The topological polar surface area (TPSA) is 117 Å². The summed E-state index contributed by atoms with van der Waals surface area (Å²) in [6.45, 7) is 7.05. The number of benzene rings is 1. The Morgan fingerprint density at radius 3 is 2.67 bits per heavy atom. The summed E-state index contributed by atoms with van der Waals surface area (Å²) in [5.74, 6) is 0.808. The summed E-state index contributed by atoms with van der Waals surface area (Å²) in [5, 5.41) is 13.5. The van der Waals surface area contributed by atoms with Crippen LogP contribution in [-0.2, 0) is 39.1 Å². The van der Waals surface area contributed by atoms with Crippen molar-refractivity contribution in [2.24, 2.45) is 13.0 Å². The third kappa shape index (κ3) is 6.24.